The summed E-state index contributed by atoms with van der Waals surface area (Å²) < 4.78 is 44.7. The maximum Gasteiger partial charge on any atom is 0.404 e. The second-order valence-corrected chi connectivity index (χ2v) is 5.49. The van der Waals surface area contributed by atoms with Gasteiger partial charge in [0, 0.05) is 19.5 Å². The summed E-state index contributed by atoms with van der Waals surface area (Å²) in [5.41, 5.74) is 0. The van der Waals surface area contributed by atoms with Gasteiger partial charge in [-0.05, 0) is 25.0 Å². The summed E-state index contributed by atoms with van der Waals surface area (Å²) in [6.07, 6.45) is -4.10. The molecule has 2 N–H and O–H groups in total. The number of nitrogens with one attached hydrogen (secondary N) is 1. The van der Waals surface area contributed by atoms with Crippen molar-refractivity contribution >= 4 is 5.91 Å². The lowest BCUT2D eigenvalue weighted by molar-refractivity contribution is -0.195. The predicted molar refractivity (Wildman–Crippen MR) is 71.7 cm³/mol. The summed E-state index contributed by atoms with van der Waals surface area (Å²) >= 11 is 0. The van der Waals surface area contributed by atoms with Gasteiger partial charge in [-0.25, -0.2) is 0 Å². The van der Waals surface area contributed by atoms with Crippen molar-refractivity contribution in [2.75, 3.05) is 6.54 Å². The molecule has 8 heteroatoms. The van der Waals surface area contributed by atoms with Crippen LogP contribution in [0, 0.1) is 0 Å². The van der Waals surface area contributed by atoms with Crippen molar-refractivity contribution in [1.29, 1.82) is 0 Å². The van der Waals surface area contributed by atoms with Gasteiger partial charge in [0.25, 0.3) is 0 Å². The van der Waals surface area contributed by atoms with Crippen LogP contribution >= 0.6 is 0 Å². The largest absolute Gasteiger partial charge is 0.462 e. The Kier molecular flexibility index (Phi) is 5.12. The summed E-state index contributed by atoms with van der Waals surface area (Å²) in [6, 6.07) is 1.23. The maximum atomic E-state index is 13.2. The van der Waals surface area contributed by atoms with Crippen molar-refractivity contribution in [3.8, 4) is 0 Å². The van der Waals surface area contributed by atoms with Gasteiger partial charge in [0.1, 0.15) is 24.2 Å². The molecule has 0 aromatic carbocycles. The first-order valence-electron chi connectivity index (χ1n) is 7.06. The number of hydrogen-bond donors (Lipinski definition) is 2. The summed E-state index contributed by atoms with van der Waals surface area (Å²) in [5, 5.41) is 11.6. The van der Waals surface area contributed by atoms with Crippen LogP contribution in [0.15, 0.2) is 16.5 Å². The lowest BCUT2D eigenvalue weighted by Gasteiger charge is -2.40. The Hall–Kier alpha value is -1.54. The van der Waals surface area contributed by atoms with Gasteiger partial charge in [-0.2, -0.15) is 13.2 Å². The number of carbonyl (C=O) groups excluding carboxylic acids is 1. The van der Waals surface area contributed by atoms with Crippen LogP contribution < -0.4 is 5.32 Å². The number of rotatable bonds is 4. The van der Waals surface area contributed by atoms with E-state index in [1.807, 2.05) is 0 Å². The monoisotopic (exact) mass is 320 g/mol. The van der Waals surface area contributed by atoms with Crippen molar-refractivity contribution in [3.63, 3.8) is 0 Å². The van der Waals surface area contributed by atoms with E-state index >= 15 is 0 Å². The van der Waals surface area contributed by atoms with E-state index in [1.54, 1.807) is 6.07 Å². The summed E-state index contributed by atoms with van der Waals surface area (Å²) in [7, 11) is 0. The molecule has 22 heavy (non-hydrogen) atoms. The average Bonchev–Trinajstić information content (AvgIpc) is 2.84. The van der Waals surface area contributed by atoms with Crippen LogP contribution in [0.4, 0.5) is 13.2 Å². The fourth-order valence-corrected chi connectivity index (χ4v) is 2.79. The van der Waals surface area contributed by atoms with Gasteiger partial charge in [-0.3, -0.25) is 9.69 Å². The Morgan fingerprint density at radius 1 is 1.41 bits per heavy atom. The number of alkyl halides is 3. The van der Waals surface area contributed by atoms with Crippen LogP contribution in [0.25, 0.3) is 0 Å². The highest BCUT2D eigenvalue weighted by Gasteiger charge is 2.46. The fourth-order valence-electron chi connectivity index (χ4n) is 2.79. The second-order valence-electron chi connectivity index (χ2n) is 5.49. The van der Waals surface area contributed by atoms with Crippen LogP contribution in [0.5, 0.6) is 0 Å². The Labute approximate surface area is 126 Å². The van der Waals surface area contributed by atoms with Gasteiger partial charge in [-0.1, -0.05) is 0 Å². The molecule has 1 aromatic rings. The van der Waals surface area contributed by atoms with E-state index in [9.17, 15) is 18.0 Å². The molecule has 2 unspecified atom stereocenters. The molecular formula is C14H19F3N2O3. The number of halogens is 3. The molecule has 0 aliphatic carbocycles. The van der Waals surface area contributed by atoms with E-state index < -0.39 is 12.2 Å². The van der Waals surface area contributed by atoms with Crippen LogP contribution in [0.3, 0.4) is 0 Å². The summed E-state index contributed by atoms with van der Waals surface area (Å²) in [4.78, 5) is 12.4. The quantitative estimate of drug-likeness (QED) is 0.888. The number of furan rings is 1. The van der Waals surface area contributed by atoms with Crippen LogP contribution in [0.2, 0.25) is 0 Å². The summed E-state index contributed by atoms with van der Waals surface area (Å²) in [6.45, 7) is 1.15. The zero-order valence-electron chi connectivity index (χ0n) is 12.2. The molecule has 1 fully saturated rings. The molecule has 1 amide bonds. The number of amides is 1. The van der Waals surface area contributed by atoms with Crippen molar-refractivity contribution in [3.05, 3.63) is 23.7 Å². The topological polar surface area (TPSA) is 65.7 Å². The normalized spacial score (nSPS) is 23.5. The molecule has 0 radical (unpaired) electrons. The number of likely N-dealkylation sites (tertiary alicyclic amines) is 1. The predicted octanol–water partition coefficient (Wildman–Crippen LogP) is 1.80. The highest BCUT2D eigenvalue weighted by Crippen LogP contribution is 2.33. The molecule has 2 rings (SSSR count). The number of hydrogen-bond acceptors (Lipinski definition) is 4. The van der Waals surface area contributed by atoms with Crippen molar-refractivity contribution in [1.82, 2.24) is 10.2 Å². The number of carbonyl (C=O) groups is 1. The number of piperidine rings is 1. The minimum atomic E-state index is -4.33. The number of nitrogens with zero attached hydrogens (tertiary/aromatic N) is 1. The van der Waals surface area contributed by atoms with E-state index in [2.05, 4.69) is 5.32 Å². The molecule has 2 atom stereocenters. The molecule has 5 nitrogen and oxygen atoms in total. The van der Waals surface area contributed by atoms with Crippen molar-refractivity contribution in [2.45, 2.75) is 51.2 Å². The zero-order chi connectivity index (χ0) is 16.3. The first-order chi connectivity index (χ1) is 10.3. The molecule has 0 saturated carbocycles. The van der Waals surface area contributed by atoms with Gasteiger partial charge >= 0.3 is 6.18 Å². The van der Waals surface area contributed by atoms with Crippen LogP contribution in [-0.2, 0) is 17.9 Å². The molecular weight excluding hydrogens is 301 g/mol. The highest BCUT2D eigenvalue weighted by molar-refractivity contribution is 5.73. The fraction of sp³-hybridized carbons (Fsp3) is 0.643. The Morgan fingerprint density at radius 2 is 2.09 bits per heavy atom. The third-order valence-corrected chi connectivity index (χ3v) is 3.70. The van der Waals surface area contributed by atoms with Crippen molar-refractivity contribution < 1.29 is 27.5 Å². The van der Waals surface area contributed by atoms with Gasteiger partial charge < -0.3 is 14.8 Å². The first kappa shape index (κ1) is 16.8. The van der Waals surface area contributed by atoms with Gasteiger partial charge in [0.2, 0.25) is 5.91 Å². The number of aliphatic hydroxyl groups is 1. The SMILES string of the molecule is CC(=O)NC1CCC(C(F)(F)F)N(Cc2ccc(CO)o2)C1. The average molecular weight is 320 g/mol. The Morgan fingerprint density at radius 3 is 2.64 bits per heavy atom. The second kappa shape index (κ2) is 6.70. The zero-order valence-corrected chi connectivity index (χ0v) is 12.2. The van der Waals surface area contributed by atoms with Crippen LogP contribution in [-0.4, -0.2) is 40.7 Å². The van der Waals surface area contributed by atoms with E-state index in [-0.39, 0.29) is 38.1 Å². The molecule has 1 saturated heterocycles. The smallest absolute Gasteiger partial charge is 0.404 e. The molecule has 124 valence electrons. The Bertz CT molecular complexity index is 516. The molecule has 1 aliphatic rings. The lowest BCUT2D eigenvalue weighted by Crippen LogP contribution is -2.55. The van der Waals surface area contributed by atoms with E-state index in [0.717, 1.165) is 0 Å². The van der Waals surface area contributed by atoms with Gasteiger partial charge in [0.15, 0.2) is 0 Å². The molecule has 1 aliphatic heterocycles. The first-order valence-corrected chi connectivity index (χ1v) is 7.06. The standard InChI is InChI=1S/C14H19F3N2O3/c1-9(21)18-10-2-5-13(14(15,16)17)19(6-10)7-11-3-4-12(8-20)22-11/h3-4,10,13,20H,2,5-8H2,1H3,(H,18,21). The highest BCUT2D eigenvalue weighted by atomic mass is 19.4. The lowest BCUT2D eigenvalue weighted by atomic mass is 9.97. The Balaban J connectivity index is 2.10. The minimum Gasteiger partial charge on any atom is -0.462 e. The summed E-state index contributed by atoms with van der Waals surface area (Å²) in [5.74, 6) is 0.423. The number of aliphatic hydroxyl groups excluding tert-OH is 1. The molecule has 0 bridgehead atoms. The third-order valence-electron chi connectivity index (χ3n) is 3.70. The van der Waals surface area contributed by atoms with E-state index in [4.69, 9.17) is 9.52 Å². The van der Waals surface area contributed by atoms with Gasteiger partial charge in [-0.15, -0.1) is 0 Å². The molecule has 0 spiro atoms. The van der Waals surface area contributed by atoms with Crippen molar-refractivity contribution in [2.24, 2.45) is 0 Å². The molecule has 2 heterocycles. The maximum absolute atomic E-state index is 13.2. The van der Waals surface area contributed by atoms with Gasteiger partial charge in [0.05, 0.1) is 6.54 Å². The third kappa shape index (κ3) is 4.23. The van der Waals surface area contributed by atoms with E-state index in [1.165, 1.54) is 17.9 Å². The van der Waals surface area contributed by atoms with Crippen LogP contribution in [0.1, 0.15) is 31.3 Å². The minimum absolute atomic E-state index is 0.0136. The molecule has 1 aromatic heterocycles. The van der Waals surface area contributed by atoms with E-state index in [0.29, 0.717) is 17.9 Å².